The number of benzene rings is 1. The molecule has 9 heteroatoms. The molecule has 1 aliphatic heterocycles. The fraction of sp³-hybridized carbons (Fsp3) is 0.364. The summed E-state index contributed by atoms with van der Waals surface area (Å²) in [6.07, 6.45) is 6.95. The van der Waals surface area contributed by atoms with E-state index < -0.39 is 0 Å². The molecule has 3 aromatic rings. The van der Waals surface area contributed by atoms with E-state index in [0.29, 0.717) is 24.0 Å². The number of piperidine rings is 1. The molecule has 3 heterocycles. The molecule has 1 N–H and O–H groups in total. The maximum atomic E-state index is 12.9. The lowest BCUT2D eigenvalue weighted by atomic mass is 9.97. The van der Waals surface area contributed by atoms with Gasteiger partial charge in [0.1, 0.15) is 0 Å². The summed E-state index contributed by atoms with van der Waals surface area (Å²) in [5.74, 6) is 0.0595. The summed E-state index contributed by atoms with van der Waals surface area (Å²) in [7, 11) is 0. The van der Waals surface area contributed by atoms with E-state index in [4.69, 9.17) is 0 Å². The molecular formula is C22H25N5O2S2. The van der Waals surface area contributed by atoms with Crippen molar-refractivity contribution < 1.29 is 9.59 Å². The molecule has 0 aliphatic carbocycles. The fourth-order valence-electron chi connectivity index (χ4n) is 3.69. The van der Waals surface area contributed by atoms with Gasteiger partial charge in [-0.05, 0) is 43.9 Å². The number of aromatic nitrogens is 3. The number of anilines is 1. The Labute approximate surface area is 189 Å². The van der Waals surface area contributed by atoms with Crippen molar-refractivity contribution in [3.8, 4) is 5.69 Å². The zero-order valence-corrected chi connectivity index (χ0v) is 19.2. The summed E-state index contributed by atoms with van der Waals surface area (Å²) < 4.78 is 2.03. The van der Waals surface area contributed by atoms with Gasteiger partial charge in [-0.25, -0.2) is 9.97 Å². The molecule has 1 aromatic carbocycles. The van der Waals surface area contributed by atoms with Gasteiger partial charge in [-0.1, -0.05) is 23.9 Å². The van der Waals surface area contributed by atoms with Gasteiger partial charge in [0.25, 0.3) is 0 Å². The monoisotopic (exact) mass is 455 g/mol. The molecule has 2 aromatic heterocycles. The molecule has 1 saturated heterocycles. The normalized spacial score (nSPS) is 16.3. The number of rotatable bonds is 6. The third kappa shape index (κ3) is 5.16. The smallest absolute Gasteiger partial charge is 0.233 e. The Kier molecular flexibility index (Phi) is 6.72. The second-order valence-corrected chi connectivity index (χ2v) is 9.50. The Morgan fingerprint density at radius 1 is 1.26 bits per heavy atom. The highest BCUT2D eigenvalue weighted by atomic mass is 32.2. The number of thioether (sulfide) groups is 1. The number of amides is 2. The quantitative estimate of drug-likeness (QED) is 0.570. The van der Waals surface area contributed by atoms with Crippen molar-refractivity contribution in [2.45, 2.75) is 31.8 Å². The van der Waals surface area contributed by atoms with E-state index in [0.717, 1.165) is 29.2 Å². The average Bonchev–Trinajstić information content (AvgIpc) is 3.46. The third-order valence-electron chi connectivity index (χ3n) is 5.36. The minimum atomic E-state index is -0.205. The van der Waals surface area contributed by atoms with Crippen molar-refractivity contribution in [2.24, 2.45) is 5.92 Å². The van der Waals surface area contributed by atoms with Gasteiger partial charge in [0.05, 0.1) is 17.4 Å². The predicted molar refractivity (Wildman–Crippen MR) is 124 cm³/mol. The Morgan fingerprint density at radius 2 is 2.13 bits per heavy atom. The van der Waals surface area contributed by atoms with E-state index >= 15 is 0 Å². The lowest BCUT2D eigenvalue weighted by molar-refractivity contribution is -0.132. The highest BCUT2D eigenvalue weighted by Crippen LogP contribution is 2.25. The molecule has 2 amide bonds. The minimum Gasteiger partial charge on any atom is -0.341 e. The number of carbonyl (C=O) groups excluding carboxylic acids is 2. The summed E-state index contributed by atoms with van der Waals surface area (Å²) in [6.45, 7) is 5.26. The topological polar surface area (TPSA) is 80.1 Å². The fourth-order valence-corrected chi connectivity index (χ4v) is 5.09. The van der Waals surface area contributed by atoms with Crippen LogP contribution in [0.15, 0.2) is 47.3 Å². The molecule has 1 aliphatic rings. The van der Waals surface area contributed by atoms with Gasteiger partial charge >= 0.3 is 0 Å². The summed E-state index contributed by atoms with van der Waals surface area (Å²) in [4.78, 5) is 35.8. The van der Waals surface area contributed by atoms with Crippen LogP contribution < -0.4 is 5.32 Å². The van der Waals surface area contributed by atoms with Gasteiger partial charge in [0.15, 0.2) is 10.3 Å². The number of imidazole rings is 1. The van der Waals surface area contributed by atoms with Gasteiger partial charge in [-0.2, -0.15) is 0 Å². The average molecular weight is 456 g/mol. The van der Waals surface area contributed by atoms with E-state index in [1.165, 1.54) is 28.7 Å². The van der Waals surface area contributed by atoms with Gasteiger partial charge < -0.3 is 10.2 Å². The van der Waals surface area contributed by atoms with Crippen LogP contribution in [0.2, 0.25) is 0 Å². The maximum Gasteiger partial charge on any atom is 0.233 e. The number of thiazole rings is 1. The van der Waals surface area contributed by atoms with Crippen LogP contribution in [0.25, 0.3) is 5.69 Å². The molecule has 1 atom stereocenters. The summed E-state index contributed by atoms with van der Waals surface area (Å²) >= 11 is 2.82. The van der Waals surface area contributed by atoms with Crippen LogP contribution in [0.1, 0.15) is 24.0 Å². The van der Waals surface area contributed by atoms with Gasteiger partial charge in [0, 0.05) is 37.1 Å². The lowest BCUT2D eigenvalue weighted by Crippen LogP contribution is -2.44. The SMILES string of the molecule is Cc1ccc(C)c(-n2ccnc2SCC(=O)N2CCCC(C(=O)Nc3nccs3)C2)c1. The maximum absolute atomic E-state index is 12.9. The highest BCUT2D eigenvalue weighted by Gasteiger charge is 2.29. The molecule has 162 valence electrons. The first-order chi connectivity index (χ1) is 15.0. The first kappa shape index (κ1) is 21.6. The predicted octanol–water partition coefficient (Wildman–Crippen LogP) is 3.92. The highest BCUT2D eigenvalue weighted by molar-refractivity contribution is 7.99. The van der Waals surface area contributed by atoms with Crippen LogP contribution in [-0.4, -0.2) is 50.1 Å². The first-order valence-electron chi connectivity index (χ1n) is 10.2. The Balaban J connectivity index is 1.36. The van der Waals surface area contributed by atoms with Gasteiger partial charge in [0.2, 0.25) is 11.8 Å². The molecule has 7 nitrogen and oxygen atoms in total. The van der Waals surface area contributed by atoms with E-state index in [1.807, 2.05) is 16.1 Å². The minimum absolute atomic E-state index is 0.0345. The number of hydrogen-bond donors (Lipinski definition) is 1. The first-order valence-corrected chi connectivity index (χ1v) is 12.1. The Hall–Kier alpha value is -2.65. The van der Waals surface area contributed by atoms with Crippen molar-refractivity contribution in [3.63, 3.8) is 0 Å². The lowest BCUT2D eigenvalue weighted by Gasteiger charge is -2.31. The molecule has 0 radical (unpaired) electrons. The second-order valence-electron chi connectivity index (χ2n) is 7.66. The van der Waals surface area contributed by atoms with Crippen molar-refractivity contribution in [1.82, 2.24) is 19.4 Å². The Bertz CT molecular complexity index is 1060. The van der Waals surface area contributed by atoms with E-state index in [-0.39, 0.29) is 17.7 Å². The zero-order valence-electron chi connectivity index (χ0n) is 17.6. The molecule has 0 bridgehead atoms. The number of nitrogens with zero attached hydrogens (tertiary/aromatic N) is 4. The van der Waals surface area contributed by atoms with Crippen LogP contribution in [0, 0.1) is 19.8 Å². The number of likely N-dealkylation sites (tertiary alicyclic amines) is 1. The second kappa shape index (κ2) is 9.65. The zero-order chi connectivity index (χ0) is 21.8. The van der Waals surface area contributed by atoms with Crippen LogP contribution in [0.5, 0.6) is 0 Å². The number of aryl methyl sites for hydroxylation is 2. The van der Waals surface area contributed by atoms with Crippen LogP contribution >= 0.6 is 23.1 Å². The van der Waals surface area contributed by atoms with Gasteiger partial charge in [-0.15, -0.1) is 11.3 Å². The number of nitrogens with one attached hydrogen (secondary N) is 1. The van der Waals surface area contributed by atoms with E-state index in [1.54, 1.807) is 17.3 Å². The number of hydrogen-bond acceptors (Lipinski definition) is 6. The van der Waals surface area contributed by atoms with E-state index in [9.17, 15) is 9.59 Å². The Morgan fingerprint density at radius 3 is 2.94 bits per heavy atom. The number of carbonyl (C=O) groups is 2. The van der Waals surface area contributed by atoms with Crippen molar-refractivity contribution in [1.29, 1.82) is 0 Å². The summed E-state index contributed by atoms with van der Waals surface area (Å²) in [5, 5.41) is 6.07. The third-order valence-corrected chi connectivity index (χ3v) is 7.00. The molecule has 0 saturated carbocycles. The van der Waals surface area contributed by atoms with Crippen LogP contribution in [0.3, 0.4) is 0 Å². The molecular weight excluding hydrogens is 430 g/mol. The van der Waals surface area contributed by atoms with Crippen molar-refractivity contribution >= 4 is 40.0 Å². The summed E-state index contributed by atoms with van der Waals surface area (Å²) in [6, 6.07) is 6.30. The molecule has 0 spiro atoms. The van der Waals surface area contributed by atoms with Gasteiger partial charge in [-0.3, -0.25) is 14.2 Å². The molecule has 4 rings (SSSR count). The van der Waals surface area contributed by atoms with Crippen molar-refractivity contribution in [3.05, 3.63) is 53.3 Å². The molecule has 1 unspecified atom stereocenters. The van der Waals surface area contributed by atoms with Crippen LogP contribution in [-0.2, 0) is 9.59 Å². The van der Waals surface area contributed by atoms with Crippen molar-refractivity contribution in [2.75, 3.05) is 24.2 Å². The summed E-state index contributed by atoms with van der Waals surface area (Å²) in [5.41, 5.74) is 3.41. The van der Waals surface area contributed by atoms with E-state index in [2.05, 4.69) is 47.3 Å². The molecule has 31 heavy (non-hydrogen) atoms. The largest absolute Gasteiger partial charge is 0.341 e. The molecule has 1 fully saturated rings. The van der Waals surface area contributed by atoms with Crippen LogP contribution in [0.4, 0.5) is 5.13 Å². The standard InChI is InChI=1S/C22H25N5O2S2/c1-15-5-6-16(2)18(12-15)27-10-7-24-22(27)31-14-19(28)26-9-3-4-17(13-26)20(29)25-21-23-8-11-30-21/h5-8,10-12,17H,3-4,9,13-14H2,1-2H3,(H,23,25,29).